The van der Waals surface area contributed by atoms with Gasteiger partial charge in [-0.1, -0.05) is 18.5 Å². The van der Waals surface area contributed by atoms with Crippen molar-refractivity contribution in [2.45, 2.75) is 19.3 Å². The van der Waals surface area contributed by atoms with E-state index in [4.69, 9.17) is 21.4 Å². The maximum absolute atomic E-state index is 13.1. The lowest BCUT2D eigenvalue weighted by atomic mass is 9.94. The van der Waals surface area contributed by atoms with Crippen molar-refractivity contribution in [3.05, 3.63) is 27.2 Å². The second-order valence-corrected chi connectivity index (χ2v) is 6.47. The molecule has 0 saturated carbocycles. The van der Waals surface area contributed by atoms with E-state index in [1.165, 1.54) is 6.07 Å². The summed E-state index contributed by atoms with van der Waals surface area (Å²) in [5.41, 5.74) is 3.69. The van der Waals surface area contributed by atoms with E-state index >= 15 is 0 Å². The lowest BCUT2D eigenvalue weighted by molar-refractivity contribution is -0.121. The van der Waals surface area contributed by atoms with Crippen molar-refractivity contribution in [2.24, 2.45) is 11.0 Å². The molecule has 0 spiro atoms. The molecule has 1 aromatic carbocycles. The number of halogens is 4. The number of nitrogens with one attached hydrogen (secondary N) is 1. The van der Waals surface area contributed by atoms with Gasteiger partial charge in [0.25, 0.3) is 0 Å². The second kappa shape index (κ2) is 7.11. The number of aliphatic hydroxyl groups is 1. The molecule has 2 rings (SSSR count). The Morgan fingerprint density at radius 3 is 2.83 bits per heavy atom. The molecule has 0 aromatic heterocycles. The molecule has 126 valence electrons. The largest absolute Gasteiger partial charge is 0.484 e. The Morgan fingerprint density at radius 1 is 1.57 bits per heavy atom. The molecule has 0 radical (unpaired) electrons. The van der Waals surface area contributed by atoms with Crippen LogP contribution < -0.4 is 10.2 Å². The number of carbonyl (C=O) groups excluding carboxylic acids is 1. The molecule has 1 aliphatic heterocycles. The maximum atomic E-state index is 13.1. The second-order valence-electron chi connectivity index (χ2n) is 5.21. The van der Waals surface area contributed by atoms with E-state index in [0.717, 1.165) is 0 Å². The standard InChI is InChI=1S/C14H14BrClF2N2O3/c1-7-2-11(22)19-20-12(7)8-3-9(15)13(10(16)4-8)23-6-14(17,18)5-21/h3-4,7,21H,2,5-6H2,1H3,(H,19,22). The summed E-state index contributed by atoms with van der Waals surface area (Å²) in [6, 6.07) is 3.16. The third-order valence-electron chi connectivity index (χ3n) is 3.21. The smallest absolute Gasteiger partial charge is 0.303 e. The van der Waals surface area contributed by atoms with Gasteiger partial charge in [0, 0.05) is 17.9 Å². The van der Waals surface area contributed by atoms with Gasteiger partial charge in [0.2, 0.25) is 5.91 Å². The fraction of sp³-hybridized carbons (Fsp3) is 0.429. The maximum Gasteiger partial charge on any atom is 0.303 e. The summed E-state index contributed by atoms with van der Waals surface area (Å²) in [5, 5.41) is 12.7. The summed E-state index contributed by atoms with van der Waals surface area (Å²) in [6.45, 7) is -0.450. The third-order valence-corrected chi connectivity index (χ3v) is 4.08. The fourth-order valence-corrected chi connectivity index (χ4v) is 3.03. The van der Waals surface area contributed by atoms with E-state index in [0.29, 0.717) is 22.2 Å². The van der Waals surface area contributed by atoms with Gasteiger partial charge in [-0.15, -0.1) is 0 Å². The molecule has 1 unspecified atom stereocenters. The fourth-order valence-electron chi connectivity index (χ4n) is 2.07. The lowest BCUT2D eigenvalue weighted by Crippen LogP contribution is -2.32. The van der Waals surface area contributed by atoms with E-state index in [1.54, 1.807) is 6.07 Å². The quantitative estimate of drug-likeness (QED) is 0.782. The highest BCUT2D eigenvalue weighted by Gasteiger charge is 2.30. The first kappa shape index (κ1) is 18.1. The summed E-state index contributed by atoms with van der Waals surface area (Å²) < 4.78 is 31.5. The summed E-state index contributed by atoms with van der Waals surface area (Å²) in [6.07, 6.45) is 0.301. The topological polar surface area (TPSA) is 70.9 Å². The number of ether oxygens (including phenoxy) is 1. The van der Waals surface area contributed by atoms with E-state index in [-0.39, 0.29) is 22.6 Å². The molecule has 0 fully saturated rings. The Bertz CT molecular complexity index is 632. The monoisotopic (exact) mass is 410 g/mol. The molecule has 5 nitrogen and oxygen atoms in total. The van der Waals surface area contributed by atoms with Gasteiger partial charge in [0.1, 0.15) is 6.61 Å². The van der Waals surface area contributed by atoms with Gasteiger partial charge in [-0.05, 0) is 28.1 Å². The van der Waals surface area contributed by atoms with Gasteiger partial charge < -0.3 is 9.84 Å². The minimum absolute atomic E-state index is 0.0524. The van der Waals surface area contributed by atoms with Crippen LogP contribution in [0.1, 0.15) is 18.9 Å². The van der Waals surface area contributed by atoms with Gasteiger partial charge in [0.15, 0.2) is 12.4 Å². The van der Waals surface area contributed by atoms with Gasteiger partial charge in [-0.3, -0.25) is 4.79 Å². The molecule has 1 aromatic rings. The van der Waals surface area contributed by atoms with Crippen LogP contribution in [0.5, 0.6) is 5.75 Å². The first-order valence-corrected chi connectivity index (χ1v) is 7.88. The Morgan fingerprint density at radius 2 is 2.26 bits per heavy atom. The molecule has 0 aliphatic carbocycles. The van der Waals surface area contributed by atoms with Crippen LogP contribution in [0.3, 0.4) is 0 Å². The average Bonchev–Trinajstić information content (AvgIpc) is 2.46. The third kappa shape index (κ3) is 4.39. The Hall–Kier alpha value is -1.25. The summed E-state index contributed by atoms with van der Waals surface area (Å²) in [7, 11) is 0. The van der Waals surface area contributed by atoms with Crippen molar-refractivity contribution >= 4 is 39.1 Å². The molecule has 0 saturated heterocycles. The van der Waals surface area contributed by atoms with E-state index in [9.17, 15) is 13.6 Å². The Labute approximate surface area is 144 Å². The molecule has 2 N–H and O–H groups in total. The van der Waals surface area contributed by atoms with E-state index in [1.807, 2.05) is 6.92 Å². The number of rotatable bonds is 5. The normalized spacial score (nSPS) is 18.4. The molecule has 1 atom stereocenters. The van der Waals surface area contributed by atoms with Gasteiger partial charge in [0.05, 0.1) is 15.2 Å². The molecule has 1 amide bonds. The Balaban J connectivity index is 2.25. The van der Waals surface area contributed by atoms with Gasteiger partial charge in [-0.25, -0.2) is 14.2 Å². The molecular weight excluding hydrogens is 398 g/mol. The number of benzene rings is 1. The zero-order chi connectivity index (χ0) is 17.2. The number of hydrogen-bond donors (Lipinski definition) is 2. The van der Waals surface area contributed by atoms with Crippen molar-refractivity contribution in [1.29, 1.82) is 0 Å². The van der Waals surface area contributed by atoms with Crippen molar-refractivity contribution < 1.29 is 23.4 Å². The van der Waals surface area contributed by atoms with Crippen LogP contribution >= 0.6 is 27.5 Å². The van der Waals surface area contributed by atoms with E-state index in [2.05, 4.69) is 26.5 Å². The highest BCUT2D eigenvalue weighted by Crippen LogP contribution is 2.36. The number of carbonyl (C=O) groups is 1. The minimum atomic E-state index is -3.35. The van der Waals surface area contributed by atoms with Crippen molar-refractivity contribution in [3.63, 3.8) is 0 Å². The van der Waals surface area contributed by atoms with Gasteiger partial charge >= 0.3 is 5.92 Å². The number of hydrazone groups is 1. The molecule has 1 heterocycles. The highest BCUT2D eigenvalue weighted by molar-refractivity contribution is 9.10. The van der Waals surface area contributed by atoms with Crippen LogP contribution in [0.15, 0.2) is 21.7 Å². The summed E-state index contributed by atoms with van der Waals surface area (Å²) in [4.78, 5) is 11.3. The average molecular weight is 412 g/mol. The molecule has 23 heavy (non-hydrogen) atoms. The zero-order valence-corrected chi connectivity index (χ0v) is 14.4. The van der Waals surface area contributed by atoms with Crippen LogP contribution in [-0.4, -0.2) is 35.9 Å². The molecule has 1 aliphatic rings. The number of hydrogen-bond acceptors (Lipinski definition) is 4. The minimum Gasteiger partial charge on any atom is -0.484 e. The first-order chi connectivity index (χ1) is 10.7. The van der Waals surface area contributed by atoms with Gasteiger partial charge in [-0.2, -0.15) is 5.10 Å². The SMILES string of the molecule is CC1CC(=O)NN=C1c1cc(Cl)c(OCC(F)(F)CO)c(Br)c1. The van der Waals surface area contributed by atoms with Crippen LogP contribution in [0.25, 0.3) is 0 Å². The van der Waals surface area contributed by atoms with E-state index < -0.39 is 19.1 Å². The number of amides is 1. The summed E-state index contributed by atoms with van der Waals surface area (Å²) in [5.74, 6) is -3.57. The molecule has 9 heteroatoms. The van der Waals surface area contributed by atoms with Crippen LogP contribution in [-0.2, 0) is 4.79 Å². The first-order valence-electron chi connectivity index (χ1n) is 6.71. The predicted octanol–water partition coefficient (Wildman–Crippen LogP) is 2.97. The number of alkyl halides is 2. The molecule has 0 bridgehead atoms. The predicted molar refractivity (Wildman–Crippen MR) is 85.1 cm³/mol. The van der Waals surface area contributed by atoms with Crippen LogP contribution in [0, 0.1) is 5.92 Å². The van der Waals surface area contributed by atoms with Crippen molar-refractivity contribution in [3.8, 4) is 5.75 Å². The number of aliphatic hydroxyl groups excluding tert-OH is 1. The Kier molecular flexibility index (Phi) is 5.59. The van der Waals surface area contributed by atoms with Crippen LogP contribution in [0.4, 0.5) is 8.78 Å². The zero-order valence-electron chi connectivity index (χ0n) is 12.1. The summed E-state index contributed by atoms with van der Waals surface area (Å²) >= 11 is 9.32. The molecular formula is C14H14BrClF2N2O3. The van der Waals surface area contributed by atoms with Crippen molar-refractivity contribution in [2.75, 3.05) is 13.2 Å². The van der Waals surface area contributed by atoms with Crippen molar-refractivity contribution in [1.82, 2.24) is 5.43 Å². The lowest BCUT2D eigenvalue weighted by Gasteiger charge is -2.21. The number of nitrogens with zero attached hydrogens (tertiary/aromatic N) is 1. The highest BCUT2D eigenvalue weighted by atomic mass is 79.9. The van der Waals surface area contributed by atoms with Crippen LogP contribution in [0.2, 0.25) is 5.02 Å².